The molecule has 0 aliphatic heterocycles. The van der Waals surface area contributed by atoms with E-state index >= 15 is 0 Å². The van der Waals surface area contributed by atoms with Crippen molar-refractivity contribution >= 4 is 12.1 Å². The third-order valence-corrected chi connectivity index (χ3v) is 3.44. The van der Waals surface area contributed by atoms with Crippen LogP contribution in [0, 0.1) is 0 Å². The molecule has 0 spiro atoms. The number of amides is 1. The van der Waals surface area contributed by atoms with Gasteiger partial charge in [0, 0.05) is 11.7 Å². The summed E-state index contributed by atoms with van der Waals surface area (Å²) in [7, 11) is 0. The molecule has 126 valence electrons. The highest BCUT2D eigenvalue weighted by Crippen LogP contribution is 2.13. The molecule has 1 rings (SSSR count). The molecule has 22 heavy (non-hydrogen) atoms. The van der Waals surface area contributed by atoms with Crippen LogP contribution in [0.2, 0.25) is 0 Å². The highest BCUT2D eigenvalue weighted by atomic mass is 16.5. The summed E-state index contributed by atoms with van der Waals surface area (Å²) >= 11 is 0. The second-order valence-corrected chi connectivity index (χ2v) is 5.28. The zero-order chi connectivity index (χ0) is 16.6. The second-order valence-electron chi connectivity index (χ2n) is 5.28. The van der Waals surface area contributed by atoms with Gasteiger partial charge in [0.05, 0.1) is 6.61 Å². The van der Waals surface area contributed by atoms with Crippen molar-refractivity contribution in [2.75, 3.05) is 12.3 Å². The molecule has 0 unspecified atom stereocenters. The Bertz CT molecular complexity index is 362. The Hall–Kier alpha value is -1.71. The number of rotatable bonds is 10. The third kappa shape index (κ3) is 11.0. The van der Waals surface area contributed by atoms with Gasteiger partial charge in [-0.2, -0.15) is 0 Å². The van der Waals surface area contributed by atoms with Crippen LogP contribution in [0.15, 0.2) is 24.3 Å². The van der Waals surface area contributed by atoms with Crippen LogP contribution in [-0.4, -0.2) is 19.1 Å². The van der Waals surface area contributed by atoms with Crippen molar-refractivity contribution < 1.29 is 9.53 Å². The fraction of sp³-hybridized carbons (Fsp3) is 0.611. The predicted molar refractivity (Wildman–Crippen MR) is 94.1 cm³/mol. The van der Waals surface area contributed by atoms with Crippen molar-refractivity contribution in [1.29, 1.82) is 0 Å². The van der Waals surface area contributed by atoms with Crippen molar-refractivity contribution in [3.63, 3.8) is 0 Å². The number of carbonyl (C=O) groups is 1. The molecule has 0 atom stereocenters. The predicted octanol–water partition coefficient (Wildman–Crippen LogP) is 4.15. The maximum Gasteiger partial charge on any atom is 0.207 e. The van der Waals surface area contributed by atoms with Crippen molar-refractivity contribution in [1.82, 2.24) is 5.32 Å². The van der Waals surface area contributed by atoms with Crippen LogP contribution < -0.4 is 15.8 Å². The maximum atomic E-state index is 9.82. The van der Waals surface area contributed by atoms with Gasteiger partial charge in [-0.3, -0.25) is 4.79 Å². The van der Waals surface area contributed by atoms with Gasteiger partial charge in [0.15, 0.2) is 0 Å². The van der Waals surface area contributed by atoms with Gasteiger partial charge in [-0.25, -0.2) is 0 Å². The number of nitrogen functional groups attached to an aromatic ring is 1. The molecule has 1 aromatic carbocycles. The number of carbonyl (C=O) groups excluding carboxylic acids is 1. The van der Waals surface area contributed by atoms with E-state index in [9.17, 15) is 4.79 Å². The molecule has 0 saturated carbocycles. The van der Waals surface area contributed by atoms with E-state index in [0.717, 1.165) is 43.7 Å². The fourth-order valence-electron chi connectivity index (χ4n) is 1.90. The number of nitrogens with two attached hydrogens (primary N) is 1. The molecule has 3 N–H and O–H groups in total. The minimum atomic E-state index is 0.382. The lowest BCUT2D eigenvalue weighted by Gasteiger charge is -2.08. The van der Waals surface area contributed by atoms with E-state index in [2.05, 4.69) is 26.1 Å². The molecular formula is C18H32N2O2. The molecule has 4 heteroatoms. The summed E-state index contributed by atoms with van der Waals surface area (Å²) in [5.41, 5.74) is 6.35. The van der Waals surface area contributed by atoms with Gasteiger partial charge in [-0.1, -0.05) is 40.0 Å². The van der Waals surface area contributed by atoms with Gasteiger partial charge in [0.1, 0.15) is 5.75 Å². The van der Waals surface area contributed by atoms with Gasteiger partial charge in [-0.15, -0.1) is 0 Å². The monoisotopic (exact) mass is 308 g/mol. The summed E-state index contributed by atoms with van der Waals surface area (Å²) in [6.07, 6.45) is 7.76. The number of ether oxygens (including phenoxy) is 1. The lowest BCUT2D eigenvalue weighted by Crippen LogP contribution is -2.25. The van der Waals surface area contributed by atoms with Crippen molar-refractivity contribution in [3.8, 4) is 5.75 Å². The summed E-state index contributed by atoms with van der Waals surface area (Å²) in [6.45, 7) is 7.14. The Morgan fingerprint density at radius 1 is 1.09 bits per heavy atom. The van der Waals surface area contributed by atoms with E-state index in [0.29, 0.717) is 6.04 Å². The molecule has 0 fully saturated rings. The largest absolute Gasteiger partial charge is 0.494 e. The first-order valence-corrected chi connectivity index (χ1v) is 8.35. The van der Waals surface area contributed by atoms with Gasteiger partial charge in [-0.05, 0) is 43.5 Å². The molecule has 0 heterocycles. The van der Waals surface area contributed by atoms with Crippen LogP contribution >= 0.6 is 0 Å². The van der Waals surface area contributed by atoms with Crippen LogP contribution in [0.5, 0.6) is 5.75 Å². The number of anilines is 1. The molecule has 0 aromatic heterocycles. The lowest BCUT2D eigenvalue weighted by atomic mass is 10.2. The number of hydrogen-bond acceptors (Lipinski definition) is 3. The minimum Gasteiger partial charge on any atom is -0.494 e. The van der Waals surface area contributed by atoms with E-state index in [1.54, 1.807) is 0 Å². The van der Waals surface area contributed by atoms with Gasteiger partial charge >= 0.3 is 0 Å². The summed E-state index contributed by atoms with van der Waals surface area (Å²) in [4.78, 5) is 9.82. The third-order valence-electron chi connectivity index (χ3n) is 3.44. The molecule has 1 aromatic rings. The number of benzene rings is 1. The molecule has 0 saturated heterocycles. The van der Waals surface area contributed by atoms with Crippen molar-refractivity contribution in [3.05, 3.63) is 24.3 Å². The minimum absolute atomic E-state index is 0.382. The van der Waals surface area contributed by atoms with Crippen LogP contribution in [0.25, 0.3) is 0 Å². The van der Waals surface area contributed by atoms with Crippen LogP contribution in [-0.2, 0) is 4.79 Å². The molecule has 0 radical (unpaired) electrons. The average molecular weight is 308 g/mol. The normalized spacial score (nSPS) is 9.82. The van der Waals surface area contributed by atoms with E-state index in [4.69, 9.17) is 10.5 Å². The van der Waals surface area contributed by atoms with Crippen LogP contribution in [0.1, 0.15) is 59.3 Å². The Kier molecular flexibility index (Phi) is 13.1. The van der Waals surface area contributed by atoms with Crippen LogP contribution in [0.4, 0.5) is 5.69 Å². The smallest absolute Gasteiger partial charge is 0.207 e. The lowest BCUT2D eigenvalue weighted by molar-refractivity contribution is -0.110. The van der Waals surface area contributed by atoms with E-state index in [1.165, 1.54) is 19.3 Å². The Morgan fingerprint density at radius 2 is 1.73 bits per heavy atom. The van der Waals surface area contributed by atoms with E-state index in [1.807, 2.05) is 24.3 Å². The first-order valence-electron chi connectivity index (χ1n) is 8.35. The van der Waals surface area contributed by atoms with Crippen LogP contribution in [0.3, 0.4) is 0 Å². The summed E-state index contributed by atoms with van der Waals surface area (Å²) < 4.78 is 5.55. The summed E-state index contributed by atoms with van der Waals surface area (Å²) in [5.74, 6) is 0.913. The molecule has 0 bridgehead atoms. The zero-order valence-corrected chi connectivity index (χ0v) is 14.3. The number of unbranched alkanes of at least 4 members (excludes halogenated alkanes) is 3. The molecule has 0 aliphatic carbocycles. The SMILES string of the molecule is CCC(CC)NC=O.CCCCCCOc1ccc(N)cc1. The molecule has 0 aliphatic rings. The Labute approximate surface area is 135 Å². The van der Waals surface area contributed by atoms with Gasteiger partial charge < -0.3 is 15.8 Å². The topological polar surface area (TPSA) is 64.3 Å². The number of nitrogens with one attached hydrogen (secondary N) is 1. The fourth-order valence-corrected chi connectivity index (χ4v) is 1.90. The average Bonchev–Trinajstić information content (AvgIpc) is 2.55. The maximum absolute atomic E-state index is 9.82. The first-order chi connectivity index (χ1) is 10.7. The molecular weight excluding hydrogens is 276 g/mol. The summed E-state index contributed by atoms with van der Waals surface area (Å²) in [6, 6.07) is 7.93. The highest BCUT2D eigenvalue weighted by Gasteiger charge is 1.97. The second kappa shape index (κ2) is 14.2. The Morgan fingerprint density at radius 3 is 2.18 bits per heavy atom. The summed E-state index contributed by atoms with van der Waals surface area (Å²) in [5, 5.41) is 2.70. The van der Waals surface area contributed by atoms with Crippen molar-refractivity contribution in [2.45, 2.75) is 65.3 Å². The van der Waals surface area contributed by atoms with Gasteiger partial charge in [0.2, 0.25) is 6.41 Å². The first kappa shape index (κ1) is 20.3. The Balaban J connectivity index is 0.000000472. The highest BCUT2D eigenvalue weighted by molar-refractivity contribution is 5.46. The molecule has 4 nitrogen and oxygen atoms in total. The number of hydrogen-bond donors (Lipinski definition) is 2. The standard InChI is InChI=1S/C12H19NO.C6H13NO/c1-2-3-4-5-10-14-12-8-6-11(13)7-9-12;1-3-6(4-2)7-5-8/h6-9H,2-5,10,13H2,1H3;5-6H,3-4H2,1-2H3,(H,7,8). The van der Waals surface area contributed by atoms with E-state index < -0.39 is 0 Å². The molecule has 1 amide bonds. The quantitative estimate of drug-likeness (QED) is 0.388. The van der Waals surface area contributed by atoms with Crippen molar-refractivity contribution in [2.24, 2.45) is 0 Å². The van der Waals surface area contributed by atoms with Gasteiger partial charge in [0.25, 0.3) is 0 Å². The zero-order valence-electron chi connectivity index (χ0n) is 14.3. The van der Waals surface area contributed by atoms with E-state index in [-0.39, 0.29) is 0 Å².